The first-order chi connectivity index (χ1) is 14.6. The zero-order valence-electron chi connectivity index (χ0n) is 16.5. The van der Waals surface area contributed by atoms with E-state index in [1.807, 2.05) is 80.6 Å². The van der Waals surface area contributed by atoms with Crippen LogP contribution in [0.15, 0.2) is 82.1 Å². The standard InChI is InChI=1S/C24H18N4O2/c1-15-12-13-18(14-16(15)2)28-24(29)20-11-7-6-10-19(20)21(26-28)23-25-22(27-30-23)17-8-4-3-5-9-17/h3-14H,1-2H3. The topological polar surface area (TPSA) is 73.8 Å². The quantitative estimate of drug-likeness (QED) is 0.443. The second-order valence-corrected chi connectivity index (χ2v) is 7.17. The Hall–Kier alpha value is -4.06. The Kier molecular flexibility index (Phi) is 4.25. The summed E-state index contributed by atoms with van der Waals surface area (Å²) in [4.78, 5) is 17.7. The van der Waals surface area contributed by atoms with Crippen molar-refractivity contribution >= 4 is 10.8 Å². The van der Waals surface area contributed by atoms with E-state index < -0.39 is 0 Å². The number of hydrogen-bond acceptors (Lipinski definition) is 5. The molecule has 0 aliphatic carbocycles. The van der Waals surface area contributed by atoms with Gasteiger partial charge in [-0.3, -0.25) is 4.79 Å². The minimum absolute atomic E-state index is 0.194. The van der Waals surface area contributed by atoms with Gasteiger partial charge in [-0.15, -0.1) is 0 Å². The van der Waals surface area contributed by atoms with Crippen molar-refractivity contribution < 1.29 is 4.52 Å². The smallest absolute Gasteiger partial charge is 0.279 e. The predicted molar refractivity (Wildman–Crippen MR) is 116 cm³/mol. The molecule has 2 aromatic heterocycles. The Bertz CT molecular complexity index is 1440. The number of nitrogens with zero attached hydrogens (tertiary/aromatic N) is 4. The maximum Gasteiger partial charge on any atom is 0.279 e. The molecule has 3 aromatic carbocycles. The molecule has 0 radical (unpaired) electrons. The molecule has 5 aromatic rings. The molecule has 0 aliphatic rings. The average Bonchev–Trinajstić information content (AvgIpc) is 3.27. The largest absolute Gasteiger partial charge is 0.332 e. The molecule has 0 bridgehead atoms. The summed E-state index contributed by atoms with van der Waals surface area (Å²) in [5.41, 5.74) is 4.05. The van der Waals surface area contributed by atoms with Crippen molar-refractivity contribution in [1.29, 1.82) is 0 Å². The summed E-state index contributed by atoms with van der Waals surface area (Å²) in [5.74, 6) is 0.739. The molecule has 0 fully saturated rings. The van der Waals surface area contributed by atoms with Crippen LogP contribution in [-0.4, -0.2) is 19.9 Å². The third-order valence-corrected chi connectivity index (χ3v) is 5.20. The fraction of sp³-hybridized carbons (Fsp3) is 0.0833. The van der Waals surface area contributed by atoms with Gasteiger partial charge in [-0.25, -0.2) is 0 Å². The van der Waals surface area contributed by atoms with Crippen molar-refractivity contribution in [3.63, 3.8) is 0 Å². The molecule has 0 aliphatic heterocycles. The van der Waals surface area contributed by atoms with Crippen LogP contribution in [0.5, 0.6) is 0 Å². The van der Waals surface area contributed by atoms with Gasteiger partial charge in [-0.2, -0.15) is 14.8 Å². The average molecular weight is 394 g/mol. The third kappa shape index (κ3) is 2.99. The zero-order chi connectivity index (χ0) is 20.7. The van der Waals surface area contributed by atoms with Gasteiger partial charge in [0.25, 0.3) is 11.4 Å². The summed E-state index contributed by atoms with van der Waals surface area (Å²) < 4.78 is 6.95. The van der Waals surface area contributed by atoms with Crippen molar-refractivity contribution in [3.05, 3.63) is 94.3 Å². The fourth-order valence-corrected chi connectivity index (χ4v) is 3.40. The molecule has 6 nitrogen and oxygen atoms in total. The lowest BCUT2D eigenvalue weighted by molar-refractivity contribution is 0.430. The second kappa shape index (κ2) is 7.08. The Labute approximate surface area is 172 Å². The van der Waals surface area contributed by atoms with E-state index in [0.717, 1.165) is 16.7 Å². The van der Waals surface area contributed by atoms with Crippen molar-refractivity contribution in [2.24, 2.45) is 0 Å². The van der Waals surface area contributed by atoms with E-state index in [0.29, 0.717) is 28.0 Å². The predicted octanol–water partition coefficient (Wildman–Crippen LogP) is 4.72. The van der Waals surface area contributed by atoms with Crippen LogP contribution in [0.3, 0.4) is 0 Å². The lowest BCUT2D eigenvalue weighted by Crippen LogP contribution is -2.22. The molecule has 0 atom stereocenters. The molecule has 0 N–H and O–H groups in total. The van der Waals surface area contributed by atoms with E-state index in [1.54, 1.807) is 6.07 Å². The maximum absolute atomic E-state index is 13.2. The van der Waals surface area contributed by atoms with Crippen LogP contribution in [0.1, 0.15) is 11.1 Å². The fourth-order valence-electron chi connectivity index (χ4n) is 3.40. The molecule has 0 saturated heterocycles. The van der Waals surface area contributed by atoms with Gasteiger partial charge in [-0.05, 0) is 43.2 Å². The van der Waals surface area contributed by atoms with Gasteiger partial charge >= 0.3 is 0 Å². The zero-order valence-corrected chi connectivity index (χ0v) is 16.5. The Morgan fingerprint density at radius 3 is 2.33 bits per heavy atom. The minimum Gasteiger partial charge on any atom is -0.332 e. The van der Waals surface area contributed by atoms with E-state index >= 15 is 0 Å². The minimum atomic E-state index is -0.194. The third-order valence-electron chi connectivity index (χ3n) is 5.20. The van der Waals surface area contributed by atoms with E-state index in [1.165, 1.54) is 4.68 Å². The molecule has 0 saturated carbocycles. The highest BCUT2D eigenvalue weighted by molar-refractivity contribution is 5.92. The van der Waals surface area contributed by atoms with Gasteiger partial charge in [0.1, 0.15) is 0 Å². The molecule has 146 valence electrons. The highest BCUT2D eigenvalue weighted by Crippen LogP contribution is 2.26. The van der Waals surface area contributed by atoms with Crippen LogP contribution in [0, 0.1) is 13.8 Å². The van der Waals surface area contributed by atoms with Gasteiger partial charge in [0.15, 0.2) is 5.69 Å². The number of benzene rings is 3. The van der Waals surface area contributed by atoms with Crippen molar-refractivity contribution in [1.82, 2.24) is 19.9 Å². The second-order valence-electron chi connectivity index (χ2n) is 7.17. The molecule has 6 heteroatoms. The summed E-state index contributed by atoms with van der Waals surface area (Å²) in [7, 11) is 0. The van der Waals surface area contributed by atoms with Gasteiger partial charge in [0, 0.05) is 10.9 Å². The van der Waals surface area contributed by atoms with Crippen molar-refractivity contribution in [2.45, 2.75) is 13.8 Å². The molecular weight excluding hydrogens is 376 g/mol. The first-order valence-electron chi connectivity index (χ1n) is 9.61. The lowest BCUT2D eigenvalue weighted by Gasteiger charge is -2.10. The molecule has 5 rings (SSSR count). The van der Waals surface area contributed by atoms with E-state index in [4.69, 9.17) is 4.52 Å². The van der Waals surface area contributed by atoms with Gasteiger partial charge in [0.2, 0.25) is 5.82 Å². The van der Waals surface area contributed by atoms with Crippen LogP contribution < -0.4 is 5.56 Å². The Morgan fingerprint density at radius 1 is 0.833 bits per heavy atom. The number of rotatable bonds is 3. The molecular formula is C24H18N4O2. The molecule has 30 heavy (non-hydrogen) atoms. The monoisotopic (exact) mass is 394 g/mol. The first kappa shape index (κ1) is 18.0. The Morgan fingerprint density at radius 2 is 1.57 bits per heavy atom. The van der Waals surface area contributed by atoms with E-state index in [9.17, 15) is 4.79 Å². The highest BCUT2D eigenvalue weighted by atomic mass is 16.5. The van der Waals surface area contributed by atoms with Crippen molar-refractivity contribution in [3.8, 4) is 28.7 Å². The van der Waals surface area contributed by atoms with E-state index in [-0.39, 0.29) is 11.4 Å². The maximum atomic E-state index is 13.2. The van der Waals surface area contributed by atoms with Gasteiger partial charge < -0.3 is 4.52 Å². The summed E-state index contributed by atoms with van der Waals surface area (Å²) in [6, 6.07) is 22.7. The van der Waals surface area contributed by atoms with Crippen LogP contribution in [0.4, 0.5) is 0 Å². The first-order valence-corrected chi connectivity index (χ1v) is 9.61. The number of aryl methyl sites for hydroxylation is 2. The van der Waals surface area contributed by atoms with Crippen molar-refractivity contribution in [2.75, 3.05) is 0 Å². The summed E-state index contributed by atoms with van der Waals surface area (Å²) in [5, 5.41) is 9.95. The summed E-state index contributed by atoms with van der Waals surface area (Å²) >= 11 is 0. The molecule has 2 heterocycles. The molecule has 0 spiro atoms. The summed E-state index contributed by atoms with van der Waals surface area (Å²) in [6.07, 6.45) is 0. The molecule has 0 unspecified atom stereocenters. The van der Waals surface area contributed by atoms with Crippen LogP contribution in [0.2, 0.25) is 0 Å². The van der Waals surface area contributed by atoms with E-state index in [2.05, 4.69) is 15.2 Å². The SMILES string of the molecule is Cc1ccc(-n2nc(-c3nc(-c4ccccc4)no3)c3ccccc3c2=O)cc1C. The number of aromatic nitrogens is 4. The summed E-state index contributed by atoms with van der Waals surface area (Å²) in [6.45, 7) is 4.04. The molecule has 0 amide bonds. The number of fused-ring (bicyclic) bond motifs is 1. The Balaban J connectivity index is 1.74. The van der Waals surface area contributed by atoms with Gasteiger partial charge in [-0.1, -0.05) is 59.8 Å². The normalized spacial score (nSPS) is 11.1. The van der Waals surface area contributed by atoms with Crippen LogP contribution in [-0.2, 0) is 0 Å². The highest BCUT2D eigenvalue weighted by Gasteiger charge is 2.19. The van der Waals surface area contributed by atoms with Crippen LogP contribution >= 0.6 is 0 Å². The lowest BCUT2D eigenvalue weighted by atomic mass is 10.1. The number of hydrogen-bond donors (Lipinski definition) is 0. The van der Waals surface area contributed by atoms with Crippen LogP contribution in [0.25, 0.3) is 39.4 Å². The van der Waals surface area contributed by atoms with Gasteiger partial charge in [0.05, 0.1) is 11.1 Å².